The highest BCUT2D eigenvalue weighted by Gasteiger charge is 2.25. The highest BCUT2D eigenvalue weighted by atomic mass is 35.5. The lowest BCUT2D eigenvalue weighted by Crippen LogP contribution is -2.31. The highest BCUT2D eigenvalue weighted by molar-refractivity contribution is 7.20. The van der Waals surface area contributed by atoms with Gasteiger partial charge in [0.2, 0.25) is 5.88 Å². The van der Waals surface area contributed by atoms with Gasteiger partial charge in [0.25, 0.3) is 6.01 Å². The van der Waals surface area contributed by atoms with Gasteiger partial charge in [0.1, 0.15) is 27.7 Å². The molecule has 5 aromatic rings. The summed E-state index contributed by atoms with van der Waals surface area (Å²) in [4.78, 5) is 22.2. The number of carbonyl (C=O) groups is 1. The Morgan fingerprint density at radius 3 is 2.86 bits per heavy atom. The van der Waals surface area contributed by atoms with Gasteiger partial charge >= 0.3 is 5.97 Å². The quantitative estimate of drug-likeness (QED) is 0.169. The van der Waals surface area contributed by atoms with Crippen LogP contribution in [0.2, 0.25) is 5.02 Å². The molecule has 2 atom stereocenters. The fourth-order valence-electron chi connectivity index (χ4n) is 5.87. The average molecular weight is 622 g/mol. The Morgan fingerprint density at radius 1 is 1.21 bits per heavy atom. The maximum atomic E-state index is 13.7. The molecule has 1 unspecified atom stereocenters. The number of nitrogens with zero attached hydrogens (tertiary/aromatic N) is 3. The van der Waals surface area contributed by atoms with E-state index in [0.717, 1.165) is 67.0 Å². The Hall–Kier alpha value is -3.73. The van der Waals surface area contributed by atoms with Crippen molar-refractivity contribution in [1.82, 2.24) is 14.5 Å². The molecular formula is C32H29ClFN3O5S. The molecule has 2 aliphatic rings. The van der Waals surface area contributed by atoms with Crippen LogP contribution in [0.4, 0.5) is 4.39 Å². The minimum Gasteiger partial charge on any atom is -0.477 e. The van der Waals surface area contributed by atoms with E-state index >= 15 is 0 Å². The standard InChI is InChI=1S/C32H29ClFN3O5S/c33-23-10-9-20(30-22(23)14-27(34)42-30)17-41-29-3-1-2-24(35-29)19-7-4-18(5-8-19)6-11-28-36-31-25(15-26(43-31)32(38)39)37(28)16-21-12-13-40-21/h1-3,7,9-10,14-15,18,21H,4-6,8,11-13,16-17H2,(H,38,39)/t18?,21-/m0/s1. The van der Waals surface area contributed by atoms with Gasteiger partial charge in [-0.25, -0.2) is 14.8 Å². The lowest BCUT2D eigenvalue weighted by Gasteiger charge is -2.27. The van der Waals surface area contributed by atoms with Crippen molar-refractivity contribution < 1.29 is 28.2 Å². The first-order chi connectivity index (χ1) is 20.9. The van der Waals surface area contributed by atoms with Crippen molar-refractivity contribution in [2.45, 2.75) is 57.8 Å². The van der Waals surface area contributed by atoms with Crippen molar-refractivity contribution >= 4 is 55.8 Å². The summed E-state index contributed by atoms with van der Waals surface area (Å²) in [5.41, 5.74) is 4.06. The maximum Gasteiger partial charge on any atom is 0.346 e. The van der Waals surface area contributed by atoms with Crippen molar-refractivity contribution in [3.63, 3.8) is 0 Å². The average Bonchev–Trinajstić information content (AvgIpc) is 3.67. The molecule has 1 aliphatic heterocycles. The normalized spacial score (nSPS) is 18.6. The fourth-order valence-corrected chi connectivity index (χ4v) is 6.96. The van der Waals surface area contributed by atoms with E-state index in [9.17, 15) is 14.3 Å². The predicted molar refractivity (Wildman–Crippen MR) is 162 cm³/mol. The minimum atomic E-state index is -0.916. The molecular weight excluding hydrogens is 593 g/mol. The van der Waals surface area contributed by atoms with Gasteiger partial charge in [-0.2, -0.15) is 4.39 Å². The van der Waals surface area contributed by atoms with Crippen LogP contribution in [0.15, 0.2) is 53.0 Å². The Balaban J connectivity index is 0.992. The Morgan fingerprint density at radius 2 is 2.09 bits per heavy atom. The topological polar surface area (TPSA) is 99.6 Å². The van der Waals surface area contributed by atoms with Gasteiger partial charge < -0.3 is 23.6 Å². The SMILES string of the molecule is O=C(O)c1cc2c(nc(CCC3CC=C(c4cccc(OCc5ccc(Cl)c6cc(F)oc56)n4)CC3)n2C[C@@H]2CCO2)s1. The molecule has 1 aliphatic carbocycles. The molecule has 222 valence electrons. The summed E-state index contributed by atoms with van der Waals surface area (Å²) in [5, 5.41) is 10.4. The Labute approximate surface area is 255 Å². The van der Waals surface area contributed by atoms with E-state index in [4.69, 9.17) is 35.5 Å². The minimum absolute atomic E-state index is 0.164. The number of carboxylic acids is 1. The first-order valence-corrected chi connectivity index (χ1v) is 15.6. The van der Waals surface area contributed by atoms with Crippen molar-refractivity contribution in [1.29, 1.82) is 0 Å². The van der Waals surface area contributed by atoms with E-state index in [0.29, 0.717) is 44.8 Å². The van der Waals surface area contributed by atoms with Crippen molar-refractivity contribution in [3.05, 3.63) is 81.5 Å². The molecule has 1 fully saturated rings. The molecule has 4 aromatic heterocycles. The Bertz CT molecular complexity index is 1860. The molecule has 0 bridgehead atoms. The summed E-state index contributed by atoms with van der Waals surface area (Å²) in [7, 11) is 0. The van der Waals surface area contributed by atoms with Crippen LogP contribution in [0.5, 0.6) is 5.88 Å². The second kappa shape index (κ2) is 11.7. The van der Waals surface area contributed by atoms with Crippen LogP contribution >= 0.6 is 22.9 Å². The number of aromatic carboxylic acids is 1. The highest BCUT2D eigenvalue weighted by Crippen LogP contribution is 2.35. The lowest BCUT2D eigenvalue weighted by atomic mass is 9.85. The van der Waals surface area contributed by atoms with Gasteiger partial charge in [-0.3, -0.25) is 0 Å². The van der Waals surface area contributed by atoms with E-state index in [1.54, 1.807) is 18.2 Å². The number of rotatable bonds is 10. The van der Waals surface area contributed by atoms with Crippen molar-refractivity contribution in [2.75, 3.05) is 6.61 Å². The molecule has 0 amide bonds. The van der Waals surface area contributed by atoms with Gasteiger partial charge in [-0.1, -0.05) is 29.8 Å². The van der Waals surface area contributed by atoms with Gasteiger partial charge in [-0.15, -0.1) is 11.3 Å². The number of pyridine rings is 1. The Kier molecular flexibility index (Phi) is 7.67. The largest absolute Gasteiger partial charge is 0.477 e. The van der Waals surface area contributed by atoms with Gasteiger partial charge in [-0.05, 0) is 61.8 Å². The number of fused-ring (bicyclic) bond motifs is 2. The molecule has 8 nitrogen and oxygen atoms in total. The third kappa shape index (κ3) is 5.79. The molecule has 11 heteroatoms. The number of aryl methyl sites for hydroxylation is 1. The number of hydrogen-bond acceptors (Lipinski definition) is 7. The molecule has 0 radical (unpaired) electrons. The molecule has 1 aromatic carbocycles. The molecule has 1 N–H and O–H groups in total. The summed E-state index contributed by atoms with van der Waals surface area (Å²) in [6.45, 7) is 1.67. The summed E-state index contributed by atoms with van der Waals surface area (Å²) in [5.74, 6) is 1.11. The summed E-state index contributed by atoms with van der Waals surface area (Å²) >= 11 is 7.41. The number of aromatic nitrogens is 3. The third-order valence-electron chi connectivity index (χ3n) is 8.32. The number of benzene rings is 1. The van der Waals surface area contributed by atoms with Crippen LogP contribution < -0.4 is 4.74 Å². The summed E-state index contributed by atoms with van der Waals surface area (Å²) in [6, 6.07) is 11.6. The van der Waals surface area contributed by atoms with Gasteiger partial charge in [0, 0.05) is 36.1 Å². The lowest BCUT2D eigenvalue weighted by molar-refractivity contribution is -0.0590. The van der Waals surface area contributed by atoms with Crippen molar-refractivity contribution in [3.8, 4) is 5.88 Å². The van der Waals surface area contributed by atoms with E-state index < -0.39 is 12.0 Å². The molecule has 43 heavy (non-hydrogen) atoms. The zero-order chi connectivity index (χ0) is 29.5. The number of imidazole rings is 1. The summed E-state index contributed by atoms with van der Waals surface area (Å²) < 4.78 is 32.7. The molecule has 5 heterocycles. The monoisotopic (exact) mass is 621 g/mol. The van der Waals surface area contributed by atoms with Crippen LogP contribution in [-0.2, 0) is 24.3 Å². The number of ether oxygens (including phenoxy) is 2. The van der Waals surface area contributed by atoms with Crippen molar-refractivity contribution in [2.24, 2.45) is 5.92 Å². The van der Waals surface area contributed by atoms with E-state index in [2.05, 4.69) is 10.6 Å². The second-order valence-corrected chi connectivity index (χ2v) is 12.5. The van der Waals surface area contributed by atoms with E-state index in [1.165, 1.54) is 23.0 Å². The molecule has 0 spiro atoms. The number of halogens is 2. The van der Waals surface area contributed by atoms with Crippen LogP contribution in [0, 0.1) is 11.9 Å². The van der Waals surface area contributed by atoms with Crippen LogP contribution in [0.3, 0.4) is 0 Å². The number of thiophene rings is 1. The molecule has 0 saturated carbocycles. The van der Waals surface area contributed by atoms with E-state index in [1.807, 2.05) is 18.2 Å². The zero-order valence-electron chi connectivity index (χ0n) is 23.2. The van der Waals surface area contributed by atoms with Crippen LogP contribution in [-0.4, -0.2) is 38.3 Å². The number of carboxylic acid groups (broad SMARTS) is 1. The molecule has 1 saturated heterocycles. The van der Waals surface area contributed by atoms with E-state index in [-0.39, 0.29) is 12.7 Å². The number of furan rings is 1. The molecule has 7 rings (SSSR count). The third-order valence-corrected chi connectivity index (χ3v) is 9.66. The van der Waals surface area contributed by atoms with Gasteiger partial charge in [0.05, 0.1) is 28.9 Å². The first-order valence-electron chi connectivity index (χ1n) is 14.4. The first kappa shape index (κ1) is 28.1. The van der Waals surface area contributed by atoms with Crippen LogP contribution in [0.1, 0.15) is 58.9 Å². The maximum absolute atomic E-state index is 13.7. The predicted octanol–water partition coefficient (Wildman–Crippen LogP) is 7.91. The summed E-state index contributed by atoms with van der Waals surface area (Å²) in [6.07, 6.45) is 8.23. The number of allylic oxidation sites excluding steroid dienone is 2. The number of hydrogen-bond donors (Lipinski definition) is 1. The zero-order valence-corrected chi connectivity index (χ0v) is 24.8. The fraction of sp³-hybridized carbons (Fsp3) is 0.344. The van der Waals surface area contributed by atoms with Gasteiger partial charge in [0.15, 0.2) is 0 Å². The smallest absolute Gasteiger partial charge is 0.346 e. The van der Waals surface area contributed by atoms with Crippen LogP contribution in [0.25, 0.3) is 26.9 Å². The second-order valence-electron chi connectivity index (χ2n) is 11.1.